The number of phenols is 1. The van der Waals surface area contributed by atoms with E-state index in [1.165, 1.54) is 24.3 Å². The van der Waals surface area contributed by atoms with Gasteiger partial charge >= 0.3 is 0 Å². The Balaban J connectivity index is 0.00000810. The number of hydrogen-bond acceptors (Lipinski definition) is 3. The molecule has 10 rings (SSSR count). The smallest absolute Gasteiger partial charge is 0.148 e. The van der Waals surface area contributed by atoms with Gasteiger partial charge in [-0.25, -0.2) is 4.98 Å². The van der Waals surface area contributed by atoms with Crippen LogP contribution in [0.2, 0.25) is 0 Å². The van der Waals surface area contributed by atoms with E-state index in [9.17, 15) is 9.22 Å². The van der Waals surface area contributed by atoms with Crippen molar-refractivity contribution in [2.75, 3.05) is 0 Å². The second-order valence-corrected chi connectivity index (χ2v) is 18.8. The number of pyridine rings is 1. The molecule has 4 nitrogen and oxygen atoms in total. The molecule has 0 unspecified atom stereocenters. The maximum absolute atomic E-state index is 12.0. The SMILES string of the molecule is [2H]C([2H])([2H])c1cc(-c2c(-c3ccccc3)cccc2C(C)(C)C)ccc1-n1c(-c2cc(C)cc(C)c2O)nc2c(-c3[c-]c(-c4cc(-c5ccc(C(C([2H])([2H])[2H])(C([2H])([2H])[2H])C([2H])([2H])[2H])cc5)ccn4)cc(-c4ccccc4)c3)cccc21.[Pt]. The van der Waals surface area contributed by atoms with E-state index in [1.807, 2.05) is 134 Å². The van der Waals surface area contributed by atoms with Gasteiger partial charge in [0.2, 0.25) is 0 Å². The van der Waals surface area contributed by atoms with Gasteiger partial charge in [0, 0.05) is 49.4 Å². The van der Waals surface area contributed by atoms with Crippen LogP contribution >= 0.6 is 0 Å². The van der Waals surface area contributed by atoms with Gasteiger partial charge in [-0.1, -0.05) is 191 Å². The van der Waals surface area contributed by atoms with Crippen molar-refractivity contribution in [1.29, 1.82) is 0 Å². The molecular formula is C65H58N3OPt-. The first-order chi connectivity index (χ1) is 38.1. The average Bonchev–Trinajstić information content (AvgIpc) is 3.97. The van der Waals surface area contributed by atoms with E-state index in [-0.39, 0.29) is 43.4 Å². The predicted molar refractivity (Wildman–Crippen MR) is 289 cm³/mol. The molecule has 2 aromatic heterocycles. The van der Waals surface area contributed by atoms with Crippen LogP contribution in [0.4, 0.5) is 0 Å². The molecule has 1 N–H and O–H groups in total. The number of aromatic nitrogens is 3. The number of hydrogen-bond donors (Lipinski definition) is 1. The number of phenolic OH excluding ortho intramolecular Hbond substituents is 1. The fraction of sp³-hybridized carbons (Fsp3) is 0.169. The van der Waals surface area contributed by atoms with E-state index in [4.69, 9.17) is 22.3 Å². The summed E-state index contributed by atoms with van der Waals surface area (Å²) in [5, 5.41) is 12.0. The number of aromatic hydroxyl groups is 1. The molecule has 5 heteroatoms. The van der Waals surface area contributed by atoms with E-state index in [0.29, 0.717) is 67.2 Å². The van der Waals surface area contributed by atoms with Gasteiger partial charge in [0.15, 0.2) is 0 Å². The van der Waals surface area contributed by atoms with Crippen LogP contribution in [0.25, 0.3) is 95.0 Å². The van der Waals surface area contributed by atoms with Crippen molar-refractivity contribution in [1.82, 2.24) is 14.5 Å². The maximum atomic E-state index is 12.0. The third-order valence-corrected chi connectivity index (χ3v) is 12.8. The van der Waals surface area contributed by atoms with Gasteiger partial charge in [-0.05, 0) is 129 Å². The summed E-state index contributed by atoms with van der Waals surface area (Å²) < 4.78 is 103. The van der Waals surface area contributed by atoms with Crippen molar-refractivity contribution >= 4 is 11.0 Å². The third-order valence-electron chi connectivity index (χ3n) is 12.8. The molecule has 10 aromatic rings. The average molecular weight is 1100 g/mol. The number of imidazole rings is 1. The second kappa shape index (κ2) is 19.0. The van der Waals surface area contributed by atoms with Crippen molar-refractivity contribution < 1.29 is 42.6 Å². The zero-order valence-electron chi connectivity index (χ0n) is 51.4. The molecule has 70 heavy (non-hydrogen) atoms. The van der Waals surface area contributed by atoms with E-state index < -0.39 is 32.8 Å². The molecular weight excluding hydrogens is 1030 g/mol. The largest absolute Gasteiger partial charge is 0.507 e. The molecule has 350 valence electrons. The van der Waals surface area contributed by atoms with Crippen LogP contribution in [0.1, 0.15) is 85.6 Å². The molecule has 8 aromatic carbocycles. The van der Waals surface area contributed by atoms with Crippen LogP contribution in [-0.2, 0) is 31.9 Å². The molecule has 0 saturated heterocycles. The summed E-state index contributed by atoms with van der Waals surface area (Å²) in [6.07, 6.45) is 1.61. The molecule has 0 atom stereocenters. The molecule has 2 heterocycles. The van der Waals surface area contributed by atoms with Crippen LogP contribution in [0, 0.1) is 26.8 Å². The molecule has 0 aliphatic heterocycles. The summed E-state index contributed by atoms with van der Waals surface area (Å²) in [7, 11) is 0. The van der Waals surface area contributed by atoms with Crippen LogP contribution in [0.5, 0.6) is 5.75 Å². The van der Waals surface area contributed by atoms with E-state index in [1.54, 1.807) is 18.3 Å². The normalized spacial score (nSPS) is 15.0. The summed E-state index contributed by atoms with van der Waals surface area (Å²) in [6, 6.07) is 57.8. The van der Waals surface area contributed by atoms with Gasteiger partial charge in [0.1, 0.15) is 11.6 Å². The van der Waals surface area contributed by atoms with Gasteiger partial charge in [-0.3, -0.25) is 9.55 Å². The topological polar surface area (TPSA) is 50.9 Å². The Kier molecular flexibility index (Phi) is 9.51. The Morgan fingerprint density at radius 2 is 1.23 bits per heavy atom. The quantitative estimate of drug-likeness (QED) is 0.154. The first kappa shape index (κ1) is 35.0. The molecule has 0 aliphatic rings. The van der Waals surface area contributed by atoms with E-state index in [2.05, 4.69) is 51.1 Å². The van der Waals surface area contributed by atoms with Crippen molar-refractivity contribution in [2.24, 2.45) is 0 Å². The molecule has 0 saturated carbocycles. The fourth-order valence-corrected chi connectivity index (χ4v) is 9.43. The van der Waals surface area contributed by atoms with Gasteiger partial charge < -0.3 is 5.11 Å². The number of rotatable bonds is 8. The Labute approximate surface area is 444 Å². The van der Waals surface area contributed by atoms with Crippen molar-refractivity contribution in [3.05, 3.63) is 216 Å². The Morgan fingerprint density at radius 1 is 0.557 bits per heavy atom. The van der Waals surface area contributed by atoms with Crippen molar-refractivity contribution in [3.63, 3.8) is 0 Å². The fourth-order valence-electron chi connectivity index (χ4n) is 9.43. The summed E-state index contributed by atoms with van der Waals surface area (Å²) in [5.41, 5.74) is 9.58. The van der Waals surface area contributed by atoms with Crippen LogP contribution in [-0.4, -0.2) is 19.6 Å². The molecule has 0 amide bonds. The Hall–Kier alpha value is -7.13. The molecule has 0 aliphatic carbocycles. The summed E-state index contributed by atoms with van der Waals surface area (Å²) in [4.78, 5) is 10.2. The first-order valence-electron chi connectivity index (χ1n) is 29.0. The number of nitrogens with zero attached hydrogens (tertiary/aromatic N) is 3. The minimum absolute atomic E-state index is 0. The molecule has 0 bridgehead atoms. The maximum Gasteiger partial charge on any atom is 0.148 e. The molecule has 0 spiro atoms. The van der Waals surface area contributed by atoms with Gasteiger partial charge in [0.25, 0.3) is 0 Å². The predicted octanol–water partition coefficient (Wildman–Crippen LogP) is 17.1. The third kappa shape index (κ3) is 9.21. The molecule has 0 radical (unpaired) electrons. The zero-order valence-corrected chi connectivity index (χ0v) is 41.7. The number of fused-ring (bicyclic) bond motifs is 1. The van der Waals surface area contributed by atoms with Gasteiger partial charge in [0.05, 0.1) is 22.3 Å². The second-order valence-electron chi connectivity index (χ2n) is 18.8. The summed E-state index contributed by atoms with van der Waals surface area (Å²) in [6.45, 7) is -2.64. The van der Waals surface area contributed by atoms with Crippen LogP contribution in [0.15, 0.2) is 182 Å². The zero-order chi connectivity index (χ0) is 58.2. The summed E-state index contributed by atoms with van der Waals surface area (Å²) >= 11 is 0. The number of aryl methyl sites for hydroxylation is 3. The standard InChI is InChI=1S/C65H58N3O.Pt/c1-41-34-43(3)62(69)55(35-41)63-67-61-54(50-37-49(44-18-12-10-13-19-44)38-51(39-50)57-40-47(32-33-66-57)45-26-29-52(30-27-45)64(4,5)6)23-17-25-59(61)68(63)58-31-28-48(36-42(58)2)60-53(46-20-14-11-15-21-46)22-16-24-56(60)65(7,8)9;/h10-38,40,69H,1-9H3;/q-1;/i2D3,4D3,5D3,6D3;. The Bertz CT molecular complexity index is 3970. The van der Waals surface area contributed by atoms with Crippen molar-refractivity contribution in [2.45, 2.75) is 72.9 Å². The molecule has 0 fully saturated rings. The monoisotopic (exact) mass is 1100 g/mol. The number of para-hydroxylation sites is 1. The van der Waals surface area contributed by atoms with Crippen LogP contribution < -0.4 is 0 Å². The Morgan fingerprint density at radius 3 is 1.94 bits per heavy atom. The van der Waals surface area contributed by atoms with Crippen LogP contribution in [0.3, 0.4) is 0 Å². The first-order valence-corrected chi connectivity index (χ1v) is 23.0. The van der Waals surface area contributed by atoms with E-state index >= 15 is 0 Å². The number of benzene rings is 8. The van der Waals surface area contributed by atoms with Gasteiger partial charge in [-0.2, -0.15) is 0 Å². The van der Waals surface area contributed by atoms with E-state index in [0.717, 1.165) is 44.5 Å². The minimum atomic E-state index is -3.41. The minimum Gasteiger partial charge on any atom is -0.507 e. The van der Waals surface area contributed by atoms with Crippen molar-refractivity contribution in [3.8, 4) is 89.7 Å². The van der Waals surface area contributed by atoms with Gasteiger partial charge in [-0.15, -0.1) is 23.8 Å². The summed E-state index contributed by atoms with van der Waals surface area (Å²) in [5.74, 6) is 0.331.